The Hall–Kier alpha value is -1.42. The van der Waals surface area contributed by atoms with E-state index in [9.17, 15) is 8.42 Å². The summed E-state index contributed by atoms with van der Waals surface area (Å²) in [5, 5.41) is 8.93. The predicted molar refractivity (Wildman–Crippen MR) is 79.2 cm³/mol. The highest BCUT2D eigenvalue weighted by Gasteiger charge is 2.33. The largest absolute Gasteiger partial charge is 0.380 e. The van der Waals surface area contributed by atoms with Crippen LogP contribution < -0.4 is 0 Å². The maximum atomic E-state index is 12.7. The van der Waals surface area contributed by atoms with Crippen molar-refractivity contribution in [1.82, 2.24) is 4.31 Å². The Labute approximate surface area is 126 Å². The first kappa shape index (κ1) is 16.0. The van der Waals surface area contributed by atoms with Gasteiger partial charge in [-0.05, 0) is 43.0 Å². The van der Waals surface area contributed by atoms with Gasteiger partial charge in [0, 0.05) is 20.2 Å². The molecule has 0 aliphatic carbocycles. The molecule has 2 unspecified atom stereocenters. The fraction of sp³-hybridized carbons (Fsp3) is 0.533. The van der Waals surface area contributed by atoms with Gasteiger partial charge in [-0.25, -0.2) is 8.42 Å². The zero-order chi connectivity index (χ0) is 15.6. The normalized spacial score (nSPS) is 23.7. The van der Waals surface area contributed by atoms with Gasteiger partial charge in [-0.1, -0.05) is 6.92 Å². The van der Waals surface area contributed by atoms with E-state index >= 15 is 0 Å². The van der Waals surface area contributed by atoms with Gasteiger partial charge in [-0.15, -0.1) is 0 Å². The molecule has 1 saturated heterocycles. The number of hydrogen-bond acceptors (Lipinski definition) is 4. The molecular formula is C15H20N2O3S. The molecule has 2 rings (SSSR count). The minimum Gasteiger partial charge on any atom is -0.380 e. The van der Waals surface area contributed by atoms with Gasteiger partial charge in [0.15, 0.2) is 0 Å². The molecule has 1 heterocycles. The summed E-state index contributed by atoms with van der Waals surface area (Å²) in [5.74, 6) is 0.351. The summed E-state index contributed by atoms with van der Waals surface area (Å²) >= 11 is 0. The number of nitrogens with zero attached hydrogens (tertiary/aromatic N) is 2. The van der Waals surface area contributed by atoms with E-state index in [-0.39, 0.29) is 11.0 Å². The van der Waals surface area contributed by atoms with E-state index in [1.807, 2.05) is 6.07 Å². The van der Waals surface area contributed by atoms with E-state index < -0.39 is 10.0 Å². The van der Waals surface area contributed by atoms with Crippen LogP contribution in [-0.2, 0) is 14.8 Å². The highest BCUT2D eigenvalue weighted by atomic mass is 32.2. The number of sulfonamides is 1. The number of piperidine rings is 1. The van der Waals surface area contributed by atoms with E-state index in [0.717, 1.165) is 6.42 Å². The second-order valence-corrected chi connectivity index (χ2v) is 7.43. The summed E-state index contributed by atoms with van der Waals surface area (Å²) in [7, 11) is -1.92. The topological polar surface area (TPSA) is 70.4 Å². The molecule has 2 atom stereocenters. The Morgan fingerprint density at radius 2 is 2.14 bits per heavy atom. The first-order valence-electron chi connectivity index (χ1n) is 6.94. The summed E-state index contributed by atoms with van der Waals surface area (Å²) in [6, 6.07) is 6.67. The molecule has 0 spiro atoms. The number of methoxy groups -OCH3 is 1. The minimum absolute atomic E-state index is 0.0759. The lowest BCUT2D eigenvalue weighted by Gasteiger charge is -2.35. The maximum absolute atomic E-state index is 12.7. The third-order valence-electron chi connectivity index (χ3n) is 4.11. The molecule has 6 heteroatoms. The van der Waals surface area contributed by atoms with Crippen LogP contribution in [0.4, 0.5) is 0 Å². The van der Waals surface area contributed by atoms with Crippen molar-refractivity contribution in [3.63, 3.8) is 0 Å². The van der Waals surface area contributed by atoms with Crippen LogP contribution >= 0.6 is 0 Å². The Morgan fingerprint density at radius 3 is 2.71 bits per heavy atom. The highest BCUT2D eigenvalue weighted by molar-refractivity contribution is 7.89. The molecule has 0 saturated carbocycles. The summed E-state index contributed by atoms with van der Waals surface area (Å²) in [6.07, 6.45) is 0.709. The lowest BCUT2D eigenvalue weighted by molar-refractivity contribution is 0.0184. The van der Waals surface area contributed by atoms with Gasteiger partial charge >= 0.3 is 0 Å². The number of benzene rings is 1. The molecule has 21 heavy (non-hydrogen) atoms. The second kappa shape index (κ2) is 6.14. The third-order valence-corrected chi connectivity index (χ3v) is 5.97. The molecule has 0 aromatic heterocycles. The van der Waals surface area contributed by atoms with Crippen LogP contribution in [0.5, 0.6) is 0 Å². The fourth-order valence-corrected chi connectivity index (χ4v) is 4.15. The van der Waals surface area contributed by atoms with Crippen LogP contribution in [-0.4, -0.2) is 39.0 Å². The molecule has 114 valence electrons. The summed E-state index contributed by atoms with van der Waals surface area (Å²) in [6.45, 7) is 4.69. The number of hydrogen-bond donors (Lipinski definition) is 0. The Morgan fingerprint density at radius 1 is 1.43 bits per heavy atom. The van der Waals surface area contributed by atoms with Gasteiger partial charge in [-0.2, -0.15) is 9.57 Å². The van der Waals surface area contributed by atoms with Crippen LogP contribution in [0.25, 0.3) is 0 Å². The lowest BCUT2D eigenvalue weighted by atomic mass is 9.97. The van der Waals surface area contributed by atoms with Gasteiger partial charge in [-0.3, -0.25) is 0 Å². The summed E-state index contributed by atoms with van der Waals surface area (Å²) in [5.41, 5.74) is 1.17. The second-order valence-electron chi connectivity index (χ2n) is 5.49. The molecule has 0 radical (unpaired) electrons. The van der Waals surface area contributed by atoms with Crippen LogP contribution in [0.3, 0.4) is 0 Å². The van der Waals surface area contributed by atoms with E-state index in [2.05, 4.69) is 6.92 Å². The van der Waals surface area contributed by atoms with Gasteiger partial charge < -0.3 is 4.74 Å². The molecule has 1 fully saturated rings. The van der Waals surface area contributed by atoms with Crippen LogP contribution in [0.15, 0.2) is 23.1 Å². The Kier molecular flexibility index (Phi) is 4.67. The van der Waals surface area contributed by atoms with Gasteiger partial charge in [0.2, 0.25) is 10.0 Å². The van der Waals surface area contributed by atoms with Crippen molar-refractivity contribution in [1.29, 1.82) is 5.26 Å². The van der Waals surface area contributed by atoms with Gasteiger partial charge in [0.1, 0.15) is 0 Å². The van der Waals surface area contributed by atoms with Crippen LogP contribution in [0.1, 0.15) is 24.5 Å². The van der Waals surface area contributed by atoms with Crippen molar-refractivity contribution < 1.29 is 13.2 Å². The average molecular weight is 308 g/mol. The molecule has 1 aromatic rings. The van der Waals surface area contributed by atoms with Crippen LogP contribution in [0.2, 0.25) is 0 Å². The smallest absolute Gasteiger partial charge is 0.243 e. The van der Waals surface area contributed by atoms with Crippen molar-refractivity contribution in [2.24, 2.45) is 5.92 Å². The average Bonchev–Trinajstić information content (AvgIpc) is 2.47. The van der Waals surface area contributed by atoms with Crippen molar-refractivity contribution in [2.45, 2.75) is 31.3 Å². The monoisotopic (exact) mass is 308 g/mol. The minimum atomic E-state index is -3.53. The Bertz CT molecular complexity index is 664. The first-order valence-corrected chi connectivity index (χ1v) is 8.38. The van der Waals surface area contributed by atoms with E-state index in [1.165, 1.54) is 10.4 Å². The molecule has 0 amide bonds. The highest BCUT2D eigenvalue weighted by Crippen LogP contribution is 2.26. The zero-order valence-corrected chi connectivity index (χ0v) is 13.4. The fourth-order valence-electron chi connectivity index (χ4n) is 2.60. The molecule has 1 aliphatic rings. The standard InChI is InChI=1S/C15H20N2O3S/c1-11-6-7-17(10-15(11)20-3)21(18,19)14-5-4-13(9-16)12(2)8-14/h4-5,8,11,15H,6-7,10H2,1-3H3. The molecular weight excluding hydrogens is 288 g/mol. The SMILES string of the molecule is COC1CN(S(=O)(=O)c2ccc(C#N)c(C)c2)CCC1C. The summed E-state index contributed by atoms with van der Waals surface area (Å²) < 4.78 is 32.2. The number of rotatable bonds is 3. The predicted octanol–water partition coefficient (Wildman–Crippen LogP) is 1.91. The zero-order valence-electron chi connectivity index (χ0n) is 12.5. The lowest BCUT2D eigenvalue weighted by Crippen LogP contribution is -2.46. The van der Waals surface area contributed by atoms with Gasteiger partial charge in [0.25, 0.3) is 0 Å². The molecule has 1 aliphatic heterocycles. The Balaban J connectivity index is 2.30. The molecule has 5 nitrogen and oxygen atoms in total. The number of nitriles is 1. The van der Waals surface area contributed by atoms with Gasteiger partial charge in [0.05, 0.1) is 22.6 Å². The van der Waals surface area contributed by atoms with E-state index in [4.69, 9.17) is 10.00 Å². The molecule has 0 bridgehead atoms. The van der Waals surface area contributed by atoms with Crippen molar-refractivity contribution >= 4 is 10.0 Å². The quantitative estimate of drug-likeness (QED) is 0.855. The number of aryl methyl sites for hydroxylation is 1. The maximum Gasteiger partial charge on any atom is 0.243 e. The molecule has 0 N–H and O–H groups in total. The molecule has 1 aromatic carbocycles. The van der Waals surface area contributed by atoms with Crippen molar-refractivity contribution in [2.75, 3.05) is 20.2 Å². The summed E-state index contributed by atoms with van der Waals surface area (Å²) in [4.78, 5) is 0.239. The first-order chi connectivity index (χ1) is 9.90. The van der Waals surface area contributed by atoms with Crippen LogP contribution in [0, 0.1) is 24.2 Å². The van der Waals surface area contributed by atoms with Crippen molar-refractivity contribution in [3.05, 3.63) is 29.3 Å². The third kappa shape index (κ3) is 3.10. The van der Waals surface area contributed by atoms with E-state index in [1.54, 1.807) is 26.2 Å². The van der Waals surface area contributed by atoms with Crippen molar-refractivity contribution in [3.8, 4) is 6.07 Å². The van der Waals surface area contributed by atoms with E-state index in [0.29, 0.717) is 30.1 Å². The number of ether oxygens (including phenoxy) is 1.